The molecule has 0 amide bonds. The van der Waals surface area contributed by atoms with E-state index in [9.17, 15) is 4.39 Å². The smallest absolute Gasteiger partial charge is 0.142 e. The van der Waals surface area contributed by atoms with E-state index in [1.165, 1.54) is 18.9 Å². The Morgan fingerprint density at radius 1 is 1.42 bits per heavy atom. The van der Waals surface area contributed by atoms with Gasteiger partial charge in [-0.25, -0.2) is 4.39 Å². The average Bonchev–Trinajstić information content (AvgIpc) is 3.17. The van der Waals surface area contributed by atoms with E-state index in [2.05, 4.69) is 18.7 Å². The van der Waals surface area contributed by atoms with Gasteiger partial charge in [0.2, 0.25) is 0 Å². The van der Waals surface area contributed by atoms with Crippen LogP contribution >= 0.6 is 11.6 Å². The van der Waals surface area contributed by atoms with E-state index >= 15 is 0 Å². The van der Waals surface area contributed by atoms with E-state index in [4.69, 9.17) is 17.3 Å². The van der Waals surface area contributed by atoms with Crippen LogP contribution in [0.15, 0.2) is 18.2 Å². The molecule has 2 nitrogen and oxygen atoms in total. The number of hydrogen-bond donors (Lipinski definition) is 1. The van der Waals surface area contributed by atoms with E-state index < -0.39 is 0 Å². The largest absolute Gasteiger partial charge is 0.329 e. The normalized spacial score (nSPS) is 17.2. The third kappa shape index (κ3) is 3.68. The van der Waals surface area contributed by atoms with Gasteiger partial charge in [-0.2, -0.15) is 0 Å². The predicted molar refractivity (Wildman–Crippen MR) is 77.8 cm³/mol. The lowest BCUT2D eigenvalue weighted by atomic mass is 10.0. The highest BCUT2D eigenvalue weighted by atomic mass is 35.5. The Hall–Kier alpha value is -0.640. The number of nitrogens with zero attached hydrogens (tertiary/aromatic N) is 1. The average molecular weight is 285 g/mol. The van der Waals surface area contributed by atoms with Crippen molar-refractivity contribution in [3.05, 3.63) is 34.6 Å². The lowest BCUT2D eigenvalue weighted by molar-refractivity contribution is 0.169. The number of nitrogens with two attached hydrogens (primary N) is 1. The van der Waals surface area contributed by atoms with Crippen molar-refractivity contribution in [3.8, 4) is 0 Å². The molecule has 0 aromatic heterocycles. The molecule has 0 aliphatic heterocycles. The van der Waals surface area contributed by atoms with Gasteiger partial charge in [0.25, 0.3) is 0 Å². The molecular formula is C15H22ClFN2. The SMILES string of the molecule is CC(C)CN(C1CC1)C(CN)c1ccc(Cl)c(F)c1. The molecule has 0 heterocycles. The van der Waals surface area contributed by atoms with E-state index in [1.54, 1.807) is 6.07 Å². The fourth-order valence-electron chi connectivity index (χ4n) is 2.54. The minimum atomic E-state index is -0.363. The van der Waals surface area contributed by atoms with Crippen molar-refractivity contribution in [3.63, 3.8) is 0 Å². The van der Waals surface area contributed by atoms with Gasteiger partial charge < -0.3 is 5.73 Å². The first kappa shape index (κ1) is 14.8. The molecule has 1 fully saturated rings. The van der Waals surface area contributed by atoms with Crippen LogP contribution in [0, 0.1) is 11.7 Å². The zero-order valence-corrected chi connectivity index (χ0v) is 12.3. The molecule has 19 heavy (non-hydrogen) atoms. The van der Waals surface area contributed by atoms with Gasteiger partial charge in [0.05, 0.1) is 5.02 Å². The number of hydrogen-bond acceptors (Lipinski definition) is 2. The van der Waals surface area contributed by atoms with Crippen molar-refractivity contribution in [2.45, 2.75) is 38.8 Å². The summed E-state index contributed by atoms with van der Waals surface area (Å²) in [6.45, 7) is 5.90. The molecule has 0 saturated heterocycles. The molecule has 0 radical (unpaired) electrons. The van der Waals surface area contributed by atoms with Gasteiger partial charge in [-0.05, 0) is 36.5 Å². The predicted octanol–water partition coefficient (Wildman–Crippen LogP) is 3.60. The van der Waals surface area contributed by atoms with Crippen LogP contribution in [0.1, 0.15) is 38.3 Å². The maximum absolute atomic E-state index is 13.6. The number of rotatable bonds is 6. The fraction of sp³-hybridized carbons (Fsp3) is 0.600. The van der Waals surface area contributed by atoms with Crippen LogP contribution in [0.5, 0.6) is 0 Å². The molecule has 2 rings (SSSR count). The van der Waals surface area contributed by atoms with Crippen LogP contribution in [0.25, 0.3) is 0 Å². The molecular weight excluding hydrogens is 263 g/mol. The van der Waals surface area contributed by atoms with Crippen LogP contribution in [0.3, 0.4) is 0 Å². The van der Waals surface area contributed by atoms with Gasteiger partial charge in [-0.1, -0.05) is 31.5 Å². The van der Waals surface area contributed by atoms with Gasteiger partial charge in [-0.3, -0.25) is 4.90 Å². The highest BCUT2D eigenvalue weighted by molar-refractivity contribution is 6.30. The van der Waals surface area contributed by atoms with Crippen molar-refractivity contribution in [1.29, 1.82) is 0 Å². The van der Waals surface area contributed by atoms with Gasteiger partial charge in [0.15, 0.2) is 0 Å². The summed E-state index contributed by atoms with van der Waals surface area (Å²) in [5.41, 5.74) is 6.87. The number of halogens is 2. The summed E-state index contributed by atoms with van der Waals surface area (Å²) >= 11 is 5.75. The second kappa shape index (κ2) is 6.21. The van der Waals surface area contributed by atoms with Gasteiger partial charge in [0.1, 0.15) is 5.82 Å². The first-order valence-corrected chi connectivity index (χ1v) is 7.31. The zero-order chi connectivity index (χ0) is 14.0. The fourth-order valence-corrected chi connectivity index (χ4v) is 2.66. The van der Waals surface area contributed by atoms with Gasteiger partial charge in [0, 0.05) is 25.2 Å². The third-order valence-corrected chi connectivity index (χ3v) is 3.85. The molecule has 0 spiro atoms. The number of benzene rings is 1. The van der Waals surface area contributed by atoms with Gasteiger partial charge >= 0.3 is 0 Å². The Morgan fingerprint density at radius 2 is 2.11 bits per heavy atom. The molecule has 106 valence electrons. The maximum Gasteiger partial charge on any atom is 0.142 e. The lowest BCUT2D eigenvalue weighted by Gasteiger charge is -2.33. The highest BCUT2D eigenvalue weighted by Crippen LogP contribution is 2.35. The van der Waals surface area contributed by atoms with Crippen molar-refractivity contribution >= 4 is 11.6 Å². The lowest BCUT2D eigenvalue weighted by Crippen LogP contribution is -2.38. The molecule has 1 aromatic carbocycles. The Labute approximate surface area is 119 Å². The minimum absolute atomic E-state index is 0.0849. The quantitative estimate of drug-likeness (QED) is 0.865. The Morgan fingerprint density at radius 3 is 2.58 bits per heavy atom. The summed E-state index contributed by atoms with van der Waals surface area (Å²) in [6.07, 6.45) is 2.44. The zero-order valence-electron chi connectivity index (χ0n) is 11.6. The molecule has 1 atom stereocenters. The second-order valence-electron chi connectivity index (χ2n) is 5.75. The van der Waals surface area contributed by atoms with Crippen LogP contribution in [-0.2, 0) is 0 Å². The molecule has 1 saturated carbocycles. The van der Waals surface area contributed by atoms with Crippen molar-refractivity contribution in [2.24, 2.45) is 11.7 Å². The Kier molecular flexibility index (Phi) is 4.82. The maximum atomic E-state index is 13.6. The molecule has 1 aliphatic carbocycles. The first-order valence-electron chi connectivity index (χ1n) is 6.93. The van der Waals surface area contributed by atoms with E-state index in [0.29, 0.717) is 18.5 Å². The summed E-state index contributed by atoms with van der Waals surface area (Å²) in [7, 11) is 0. The van der Waals surface area contributed by atoms with Crippen LogP contribution in [-0.4, -0.2) is 24.0 Å². The van der Waals surface area contributed by atoms with Crippen molar-refractivity contribution in [1.82, 2.24) is 4.90 Å². The molecule has 0 bridgehead atoms. The van der Waals surface area contributed by atoms with Crippen molar-refractivity contribution in [2.75, 3.05) is 13.1 Å². The summed E-state index contributed by atoms with van der Waals surface area (Å²) in [4.78, 5) is 2.42. The Balaban J connectivity index is 2.22. The molecule has 1 aromatic rings. The topological polar surface area (TPSA) is 29.3 Å². The van der Waals surface area contributed by atoms with E-state index in [0.717, 1.165) is 12.1 Å². The van der Waals surface area contributed by atoms with Crippen LogP contribution < -0.4 is 5.73 Å². The third-order valence-electron chi connectivity index (χ3n) is 3.54. The summed E-state index contributed by atoms with van der Waals surface area (Å²) in [5, 5.41) is 0.168. The summed E-state index contributed by atoms with van der Waals surface area (Å²) in [6, 6.07) is 5.72. The molecule has 2 N–H and O–H groups in total. The van der Waals surface area contributed by atoms with Crippen LogP contribution in [0.4, 0.5) is 4.39 Å². The molecule has 1 unspecified atom stereocenters. The van der Waals surface area contributed by atoms with E-state index in [1.807, 2.05) is 6.07 Å². The molecule has 1 aliphatic rings. The summed E-state index contributed by atoms with van der Waals surface area (Å²) < 4.78 is 13.6. The highest BCUT2D eigenvalue weighted by Gasteiger charge is 2.34. The minimum Gasteiger partial charge on any atom is -0.329 e. The van der Waals surface area contributed by atoms with Crippen LogP contribution in [0.2, 0.25) is 5.02 Å². The van der Waals surface area contributed by atoms with Crippen molar-refractivity contribution < 1.29 is 4.39 Å². The van der Waals surface area contributed by atoms with E-state index in [-0.39, 0.29) is 16.9 Å². The Bertz CT molecular complexity index is 432. The first-order chi connectivity index (χ1) is 9.02. The summed E-state index contributed by atoms with van der Waals surface area (Å²) in [5.74, 6) is 0.213. The molecule has 4 heteroatoms. The monoisotopic (exact) mass is 284 g/mol. The standard InChI is InChI=1S/C15H22ClFN2/c1-10(2)9-19(12-4-5-12)15(8-18)11-3-6-13(16)14(17)7-11/h3,6-7,10,12,15H,4-5,8-9,18H2,1-2H3. The second-order valence-corrected chi connectivity index (χ2v) is 6.15. The van der Waals surface area contributed by atoms with Gasteiger partial charge in [-0.15, -0.1) is 0 Å².